The molecule has 0 saturated carbocycles. The van der Waals surface area contributed by atoms with Crippen molar-refractivity contribution < 1.29 is 9.47 Å². The number of aromatic nitrogens is 2. The van der Waals surface area contributed by atoms with Gasteiger partial charge in [0, 0.05) is 32.0 Å². The number of aryl methyl sites for hydroxylation is 2. The van der Waals surface area contributed by atoms with E-state index in [1.54, 1.807) is 7.11 Å². The maximum Gasteiger partial charge on any atom is 0.0700 e. The van der Waals surface area contributed by atoms with Crippen LogP contribution in [-0.4, -0.2) is 42.8 Å². The topological polar surface area (TPSA) is 62.3 Å². The molecule has 1 atom stereocenters. The first-order valence-electron chi connectivity index (χ1n) is 6.91. The Balaban J connectivity index is 2.42. The van der Waals surface area contributed by atoms with E-state index in [-0.39, 0.29) is 6.04 Å². The third kappa shape index (κ3) is 5.30. The Morgan fingerprint density at radius 3 is 2.63 bits per heavy atom. The Morgan fingerprint density at radius 1 is 1.26 bits per heavy atom. The lowest BCUT2D eigenvalue weighted by Gasteiger charge is -2.08. The summed E-state index contributed by atoms with van der Waals surface area (Å²) in [5, 5.41) is 4.58. The number of nitrogens with zero attached hydrogens (tertiary/aromatic N) is 2. The van der Waals surface area contributed by atoms with E-state index in [4.69, 9.17) is 15.2 Å². The molecule has 0 fully saturated rings. The van der Waals surface area contributed by atoms with Crippen molar-refractivity contribution in [3.8, 4) is 0 Å². The van der Waals surface area contributed by atoms with Crippen LogP contribution in [0.3, 0.4) is 0 Å². The highest BCUT2D eigenvalue weighted by molar-refractivity contribution is 5.25. The summed E-state index contributed by atoms with van der Waals surface area (Å²) in [5.74, 6) is 0. The third-order valence-electron chi connectivity index (χ3n) is 3.15. The van der Waals surface area contributed by atoms with Crippen molar-refractivity contribution in [3.05, 3.63) is 17.0 Å². The standard InChI is InChI=1S/C14H27N3O2/c1-11(15)10-14-12(2)16-17(13(14)3)6-5-7-19-9-8-18-4/h11H,5-10,15H2,1-4H3. The van der Waals surface area contributed by atoms with Crippen LogP contribution in [0.25, 0.3) is 0 Å². The zero-order valence-electron chi connectivity index (χ0n) is 12.6. The second kappa shape index (κ2) is 8.30. The number of hydrogen-bond acceptors (Lipinski definition) is 4. The highest BCUT2D eigenvalue weighted by atomic mass is 16.5. The number of nitrogens with two attached hydrogens (primary N) is 1. The molecule has 5 heteroatoms. The van der Waals surface area contributed by atoms with Crippen molar-refractivity contribution in [1.82, 2.24) is 9.78 Å². The molecule has 0 amide bonds. The summed E-state index contributed by atoms with van der Waals surface area (Å²) < 4.78 is 12.4. The Bertz CT molecular complexity index is 375. The number of methoxy groups -OCH3 is 1. The maximum atomic E-state index is 5.87. The van der Waals surface area contributed by atoms with Gasteiger partial charge < -0.3 is 15.2 Å². The predicted molar refractivity (Wildman–Crippen MR) is 76.4 cm³/mol. The molecule has 19 heavy (non-hydrogen) atoms. The van der Waals surface area contributed by atoms with E-state index in [1.165, 1.54) is 11.3 Å². The van der Waals surface area contributed by atoms with E-state index in [0.29, 0.717) is 13.2 Å². The minimum absolute atomic E-state index is 0.174. The van der Waals surface area contributed by atoms with Gasteiger partial charge in [0.05, 0.1) is 18.9 Å². The van der Waals surface area contributed by atoms with E-state index in [2.05, 4.69) is 23.6 Å². The molecule has 0 aliphatic rings. The van der Waals surface area contributed by atoms with Crippen LogP contribution in [0, 0.1) is 13.8 Å². The first-order valence-corrected chi connectivity index (χ1v) is 6.91. The zero-order valence-corrected chi connectivity index (χ0v) is 12.6. The van der Waals surface area contributed by atoms with E-state index >= 15 is 0 Å². The second-order valence-electron chi connectivity index (χ2n) is 5.01. The summed E-state index contributed by atoms with van der Waals surface area (Å²) >= 11 is 0. The van der Waals surface area contributed by atoms with Crippen LogP contribution in [0.5, 0.6) is 0 Å². The third-order valence-corrected chi connectivity index (χ3v) is 3.15. The van der Waals surface area contributed by atoms with Crippen molar-refractivity contribution in [2.45, 2.75) is 46.2 Å². The molecule has 2 N–H and O–H groups in total. The van der Waals surface area contributed by atoms with Crippen molar-refractivity contribution in [2.75, 3.05) is 26.9 Å². The fourth-order valence-corrected chi connectivity index (χ4v) is 2.13. The summed E-state index contributed by atoms with van der Waals surface area (Å²) in [7, 11) is 1.68. The minimum Gasteiger partial charge on any atom is -0.382 e. The van der Waals surface area contributed by atoms with Gasteiger partial charge in [-0.15, -0.1) is 0 Å². The molecular formula is C14H27N3O2. The van der Waals surface area contributed by atoms with Crippen LogP contribution in [0.4, 0.5) is 0 Å². The molecule has 0 spiro atoms. The van der Waals surface area contributed by atoms with Gasteiger partial charge in [0.2, 0.25) is 0 Å². The van der Waals surface area contributed by atoms with Crippen LogP contribution in [0.1, 0.15) is 30.3 Å². The average molecular weight is 269 g/mol. The summed E-state index contributed by atoms with van der Waals surface area (Å²) in [6, 6.07) is 0.174. The Hall–Kier alpha value is -0.910. The van der Waals surface area contributed by atoms with Crippen molar-refractivity contribution in [1.29, 1.82) is 0 Å². The fourth-order valence-electron chi connectivity index (χ4n) is 2.13. The van der Waals surface area contributed by atoms with Gasteiger partial charge in [-0.25, -0.2) is 0 Å². The van der Waals surface area contributed by atoms with Crippen molar-refractivity contribution in [3.63, 3.8) is 0 Å². The lowest BCUT2D eigenvalue weighted by Crippen LogP contribution is -2.18. The molecule has 0 radical (unpaired) electrons. The zero-order chi connectivity index (χ0) is 14.3. The summed E-state index contributed by atoms with van der Waals surface area (Å²) in [6.07, 6.45) is 1.85. The lowest BCUT2D eigenvalue weighted by atomic mass is 10.1. The minimum atomic E-state index is 0.174. The average Bonchev–Trinajstić information content (AvgIpc) is 2.61. The molecule has 0 saturated heterocycles. The fraction of sp³-hybridized carbons (Fsp3) is 0.786. The smallest absolute Gasteiger partial charge is 0.0700 e. The van der Waals surface area contributed by atoms with Gasteiger partial charge in [-0.05, 0) is 39.2 Å². The van der Waals surface area contributed by atoms with Gasteiger partial charge in [0.15, 0.2) is 0 Å². The van der Waals surface area contributed by atoms with E-state index in [0.717, 1.165) is 31.7 Å². The molecule has 1 aromatic rings. The van der Waals surface area contributed by atoms with Crippen LogP contribution in [-0.2, 0) is 22.4 Å². The van der Waals surface area contributed by atoms with Gasteiger partial charge >= 0.3 is 0 Å². The van der Waals surface area contributed by atoms with Gasteiger partial charge in [-0.1, -0.05) is 0 Å². The first kappa shape index (κ1) is 16.1. The molecule has 0 aromatic carbocycles. The normalized spacial score (nSPS) is 12.9. The lowest BCUT2D eigenvalue weighted by molar-refractivity contribution is 0.0676. The van der Waals surface area contributed by atoms with E-state index < -0.39 is 0 Å². The van der Waals surface area contributed by atoms with E-state index in [1.807, 2.05) is 6.92 Å². The second-order valence-corrected chi connectivity index (χ2v) is 5.01. The summed E-state index contributed by atoms with van der Waals surface area (Å²) in [6.45, 7) is 9.13. The molecule has 5 nitrogen and oxygen atoms in total. The monoisotopic (exact) mass is 269 g/mol. The molecule has 1 heterocycles. The largest absolute Gasteiger partial charge is 0.382 e. The Morgan fingerprint density at radius 2 is 2.00 bits per heavy atom. The molecule has 1 aromatic heterocycles. The molecular weight excluding hydrogens is 242 g/mol. The molecule has 1 unspecified atom stereocenters. The van der Waals surface area contributed by atoms with Crippen molar-refractivity contribution >= 4 is 0 Å². The highest BCUT2D eigenvalue weighted by Crippen LogP contribution is 2.15. The number of rotatable bonds is 9. The highest BCUT2D eigenvalue weighted by Gasteiger charge is 2.12. The van der Waals surface area contributed by atoms with E-state index in [9.17, 15) is 0 Å². The molecule has 110 valence electrons. The van der Waals surface area contributed by atoms with Gasteiger partial charge in [0.1, 0.15) is 0 Å². The first-order chi connectivity index (χ1) is 9.06. The maximum absolute atomic E-state index is 5.87. The number of ether oxygens (including phenoxy) is 2. The van der Waals surface area contributed by atoms with Crippen LogP contribution in [0.15, 0.2) is 0 Å². The SMILES string of the molecule is COCCOCCCn1nc(C)c(CC(C)N)c1C. The number of hydrogen-bond donors (Lipinski definition) is 1. The van der Waals surface area contributed by atoms with Crippen LogP contribution in [0.2, 0.25) is 0 Å². The Kier molecular flexibility index (Phi) is 7.05. The van der Waals surface area contributed by atoms with Crippen molar-refractivity contribution in [2.24, 2.45) is 5.73 Å². The molecule has 0 bridgehead atoms. The summed E-state index contributed by atoms with van der Waals surface area (Å²) in [4.78, 5) is 0. The quantitative estimate of drug-likeness (QED) is 0.689. The van der Waals surface area contributed by atoms with Gasteiger partial charge in [-0.2, -0.15) is 5.10 Å². The predicted octanol–water partition coefficient (Wildman–Crippen LogP) is 1.44. The van der Waals surface area contributed by atoms with Crippen LogP contribution < -0.4 is 5.73 Å². The van der Waals surface area contributed by atoms with Crippen LogP contribution >= 0.6 is 0 Å². The molecule has 0 aliphatic carbocycles. The van der Waals surface area contributed by atoms with Gasteiger partial charge in [0.25, 0.3) is 0 Å². The Labute approximate surface area is 116 Å². The molecule has 0 aliphatic heterocycles. The molecule has 1 rings (SSSR count). The summed E-state index contributed by atoms with van der Waals surface area (Å²) in [5.41, 5.74) is 9.48. The van der Waals surface area contributed by atoms with Gasteiger partial charge in [-0.3, -0.25) is 4.68 Å².